The molecule has 2 unspecified atom stereocenters. The van der Waals surface area contributed by atoms with Gasteiger partial charge in [0.25, 0.3) is 0 Å². The number of rotatable bonds is 48. The third kappa shape index (κ3) is 35.1. The Morgan fingerprint density at radius 2 is 0.794 bits per heavy atom. The summed E-state index contributed by atoms with van der Waals surface area (Å²) < 4.78 is 11.3. The third-order valence-electron chi connectivity index (χ3n) is 13.7. The van der Waals surface area contributed by atoms with Crippen molar-refractivity contribution >= 4 is 5.91 Å². The Bertz CT molecular complexity index is 955. The Balaban J connectivity index is 2.07. The predicted octanol–water partition coefficient (Wildman–Crippen LogP) is 13.1. The van der Waals surface area contributed by atoms with Crippen molar-refractivity contribution < 1.29 is 39.8 Å². The fourth-order valence-corrected chi connectivity index (χ4v) is 9.28. The van der Waals surface area contributed by atoms with Gasteiger partial charge in [-0.05, 0) is 12.8 Å². The van der Waals surface area contributed by atoms with Crippen molar-refractivity contribution in [1.82, 2.24) is 5.32 Å². The molecule has 0 radical (unpaired) electrons. The molecule has 0 aromatic heterocycles. The molecule has 0 bridgehead atoms. The van der Waals surface area contributed by atoms with E-state index in [2.05, 4.69) is 19.2 Å². The van der Waals surface area contributed by atoms with Gasteiger partial charge in [0, 0.05) is 6.42 Å². The molecule has 7 atom stereocenters. The van der Waals surface area contributed by atoms with Gasteiger partial charge in [-0.15, -0.1) is 0 Å². The Kier molecular flexibility index (Phi) is 43.0. The number of amides is 1. The van der Waals surface area contributed by atoms with Gasteiger partial charge >= 0.3 is 0 Å². The standard InChI is InChI=1S/C54H107NO8/c1-3-5-7-9-11-13-15-16-17-18-19-20-21-22-23-24-25-26-27-28-29-30-31-32-33-34-36-38-40-42-44-50(58)55-47(46-62-54-53(61)52(60)51(59)49(45-56)63-54)48(57)43-41-39-37-35-14-12-10-8-6-4-2/h47-49,51-54,56-57,59-61H,3-46H2,1-2H3,(H,55,58)/t47-,48+,49+,51-,52?,53?,54+/m0/s1. The molecule has 1 aliphatic rings. The van der Waals surface area contributed by atoms with E-state index in [0.29, 0.717) is 12.8 Å². The molecule has 0 spiro atoms. The molecule has 0 aliphatic carbocycles. The lowest BCUT2D eigenvalue weighted by Crippen LogP contribution is -2.60. The second-order valence-electron chi connectivity index (χ2n) is 19.7. The molecule has 1 rings (SSSR count). The molecule has 376 valence electrons. The minimum atomic E-state index is -1.55. The zero-order chi connectivity index (χ0) is 45.9. The first-order valence-corrected chi connectivity index (χ1v) is 27.7. The molecule has 0 aromatic rings. The lowest BCUT2D eigenvalue weighted by atomic mass is 9.99. The minimum absolute atomic E-state index is 0.132. The van der Waals surface area contributed by atoms with Crippen molar-refractivity contribution in [2.75, 3.05) is 13.2 Å². The normalized spacial score (nSPS) is 20.0. The minimum Gasteiger partial charge on any atom is -0.394 e. The second-order valence-corrected chi connectivity index (χ2v) is 19.7. The summed E-state index contributed by atoms with van der Waals surface area (Å²) in [5.41, 5.74) is 0. The molecule has 0 saturated carbocycles. The van der Waals surface area contributed by atoms with Gasteiger partial charge in [-0.1, -0.05) is 264 Å². The molecule has 1 saturated heterocycles. The van der Waals surface area contributed by atoms with E-state index in [1.807, 2.05) is 0 Å². The van der Waals surface area contributed by atoms with E-state index in [1.165, 1.54) is 218 Å². The van der Waals surface area contributed by atoms with E-state index in [-0.39, 0.29) is 12.5 Å². The molecule has 1 amide bonds. The first-order valence-electron chi connectivity index (χ1n) is 27.7. The maximum absolute atomic E-state index is 13.0. The van der Waals surface area contributed by atoms with Crippen LogP contribution in [0.25, 0.3) is 0 Å². The fourth-order valence-electron chi connectivity index (χ4n) is 9.28. The van der Waals surface area contributed by atoms with E-state index < -0.39 is 49.5 Å². The first kappa shape index (κ1) is 60.2. The molecule has 1 fully saturated rings. The van der Waals surface area contributed by atoms with Crippen LogP contribution < -0.4 is 5.32 Å². The van der Waals surface area contributed by atoms with Crippen LogP contribution in [0.1, 0.15) is 284 Å². The molecule has 63 heavy (non-hydrogen) atoms. The van der Waals surface area contributed by atoms with E-state index in [0.717, 1.165) is 38.5 Å². The van der Waals surface area contributed by atoms with Crippen LogP contribution in [0.3, 0.4) is 0 Å². The fraction of sp³-hybridized carbons (Fsp3) is 0.981. The monoisotopic (exact) mass is 898 g/mol. The molecular weight excluding hydrogens is 791 g/mol. The van der Waals surface area contributed by atoms with Crippen LogP contribution in [0.4, 0.5) is 0 Å². The summed E-state index contributed by atoms with van der Waals surface area (Å²) in [5.74, 6) is -0.139. The number of hydrogen-bond acceptors (Lipinski definition) is 8. The quantitative estimate of drug-likeness (QED) is 0.0331. The van der Waals surface area contributed by atoms with Crippen LogP contribution in [0.5, 0.6) is 0 Å². The summed E-state index contributed by atoms with van der Waals surface area (Å²) >= 11 is 0. The van der Waals surface area contributed by atoms with Crippen LogP contribution >= 0.6 is 0 Å². The zero-order valence-corrected chi connectivity index (χ0v) is 41.6. The summed E-state index contributed by atoms with van der Waals surface area (Å²) in [6.45, 7) is 3.85. The van der Waals surface area contributed by atoms with Crippen molar-refractivity contribution in [3.05, 3.63) is 0 Å². The largest absolute Gasteiger partial charge is 0.394 e. The highest BCUT2D eigenvalue weighted by Gasteiger charge is 2.44. The van der Waals surface area contributed by atoms with Crippen molar-refractivity contribution in [3.63, 3.8) is 0 Å². The van der Waals surface area contributed by atoms with Crippen molar-refractivity contribution in [3.8, 4) is 0 Å². The number of hydrogen-bond donors (Lipinski definition) is 6. The van der Waals surface area contributed by atoms with Gasteiger partial charge in [0.2, 0.25) is 5.91 Å². The Morgan fingerprint density at radius 3 is 1.13 bits per heavy atom. The van der Waals surface area contributed by atoms with Crippen LogP contribution in [0.2, 0.25) is 0 Å². The number of carbonyl (C=O) groups is 1. The van der Waals surface area contributed by atoms with Gasteiger partial charge < -0.3 is 40.3 Å². The highest BCUT2D eigenvalue weighted by Crippen LogP contribution is 2.23. The van der Waals surface area contributed by atoms with Crippen molar-refractivity contribution in [2.45, 2.75) is 326 Å². The number of aliphatic hydroxyl groups is 5. The summed E-state index contributed by atoms with van der Waals surface area (Å²) in [6.07, 6.45) is 45.9. The first-order chi connectivity index (χ1) is 30.8. The third-order valence-corrected chi connectivity index (χ3v) is 13.7. The summed E-state index contributed by atoms with van der Waals surface area (Å²) in [6, 6.07) is -0.711. The van der Waals surface area contributed by atoms with Crippen LogP contribution in [-0.4, -0.2) is 87.5 Å². The van der Waals surface area contributed by atoms with Gasteiger partial charge in [-0.25, -0.2) is 0 Å². The predicted molar refractivity (Wildman–Crippen MR) is 263 cm³/mol. The number of carbonyl (C=O) groups excluding carboxylic acids is 1. The van der Waals surface area contributed by atoms with Gasteiger partial charge in [-0.3, -0.25) is 4.79 Å². The number of aliphatic hydroxyl groups excluding tert-OH is 5. The van der Waals surface area contributed by atoms with E-state index in [1.54, 1.807) is 0 Å². The van der Waals surface area contributed by atoms with Crippen LogP contribution in [0.15, 0.2) is 0 Å². The van der Waals surface area contributed by atoms with E-state index in [9.17, 15) is 30.3 Å². The van der Waals surface area contributed by atoms with Crippen LogP contribution in [-0.2, 0) is 14.3 Å². The molecule has 9 heteroatoms. The molecular formula is C54H107NO8. The molecule has 6 N–H and O–H groups in total. The Hall–Kier alpha value is -0.810. The molecule has 1 aliphatic heterocycles. The Morgan fingerprint density at radius 1 is 0.476 bits per heavy atom. The second kappa shape index (κ2) is 45.0. The Labute approximate surface area is 389 Å². The lowest BCUT2D eigenvalue weighted by Gasteiger charge is -2.40. The SMILES string of the molecule is CCCCCCCCCCCCCCCCCCCCCCCCCCCCCCCCC(=O)N[C@@H](CO[C@@H]1O[C@H](CO)[C@H](O)C(O)C1O)[C@H](O)CCCCCCCCCCCC. The lowest BCUT2D eigenvalue weighted by molar-refractivity contribution is -0.302. The molecule has 0 aromatic carbocycles. The highest BCUT2D eigenvalue weighted by molar-refractivity contribution is 5.76. The molecule has 1 heterocycles. The molecule has 9 nitrogen and oxygen atoms in total. The smallest absolute Gasteiger partial charge is 0.220 e. The van der Waals surface area contributed by atoms with E-state index >= 15 is 0 Å². The van der Waals surface area contributed by atoms with Crippen LogP contribution in [0, 0.1) is 0 Å². The maximum Gasteiger partial charge on any atom is 0.220 e. The highest BCUT2D eigenvalue weighted by atomic mass is 16.7. The average Bonchev–Trinajstić information content (AvgIpc) is 3.28. The van der Waals surface area contributed by atoms with Crippen molar-refractivity contribution in [1.29, 1.82) is 0 Å². The maximum atomic E-state index is 13.0. The number of nitrogens with one attached hydrogen (secondary N) is 1. The van der Waals surface area contributed by atoms with Gasteiger partial charge in [-0.2, -0.15) is 0 Å². The zero-order valence-electron chi connectivity index (χ0n) is 41.6. The van der Waals surface area contributed by atoms with Gasteiger partial charge in [0.15, 0.2) is 6.29 Å². The summed E-state index contributed by atoms with van der Waals surface area (Å²) in [4.78, 5) is 13.0. The average molecular weight is 898 g/mol. The number of unbranched alkanes of at least 4 members (excludes halogenated alkanes) is 38. The van der Waals surface area contributed by atoms with Crippen molar-refractivity contribution in [2.24, 2.45) is 0 Å². The number of ether oxygens (including phenoxy) is 2. The summed E-state index contributed by atoms with van der Waals surface area (Å²) in [5, 5.41) is 54.4. The topological polar surface area (TPSA) is 149 Å². The van der Waals surface area contributed by atoms with E-state index in [4.69, 9.17) is 9.47 Å². The summed E-state index contributed by atoms with van der Waals surface area (Å²) in [7, 11) is 0. The van der Waals surface area contributed by atoms with Gasteiger partial charge in [0.05, 0.1) is 25.4 Å². The van der Waals surface area contributed by atoms with Gasteiger partial charge in [0.1, 0.15) is 24.4 Å².